The summed E-state index contributed by atoms with van der Waals surface area (Å²) in [5.41, 5.74) is 0.424. The zero-order valence-corrected chi connectivity index (χ0v) is 10.6. The lowest BCUT2D eigenvalue weighted by molar-refractivity contribution is -0.269. The van der Waals surface area contributed by atoms with Crippen LogP contribution in [0.25, 0.3) is 0 Å². The Morgan fingerprint density at radius 1 is 1.47 bits per heavy atom. The maximum absolute atomic E-state index is 11.5. The highest BCUT2D eigenvalue weighted by Crippen LogP contribution is 2.19. The Bertz CT molecular complexity index is 244. The zero-order valence-electron chi connectivity index (χ0n) is 10.6. The molecular formula is C13H22O4. The van der Waals surface area contributed by atoms with Crippen molar-refractivity contribution in [3.05, 3.63) is 12.2 Å². The van der Waals surface area contributed by atoms with Gasteiger partial charge in [0.2, 0.25) is 0 Å². The first-order valence-electron chi connectivity index (χ1n) is 6.37. The largest absolute Gasteiger partial charge is 0.378 e. The summed E-state index contributed by atoms with van der Waals surface area (Å²) < 4.78 is 5.42. The Morgan fingerprint density at radius 3 is 2.94 bits per heavy atom. The molecule has 4 heteroatoms. The van der Waals surface area contributed by atoms with Crippen LogP contribution in [0.5, 0.6) is 0 Å². The van der Waals surface area contributed by atoms with Crippen molar-refractivity contribution in [1.82, 2.24) is 0 Å². The van der Waals surface area contributed by atoms with Gasteiger partial charge >= 0.3 is 5.97 Å². The topological polar surface area (TPSA) is 44.8 Å². The van der Waals surface area contributed by atoms with Crippen LogP contribution in [0.4, 0.5) is 0 Å². The van der Waals surface area contributed by atoms with Crippen molar-refractivity contribution in [2.24, 2.45) is 0 Å². The number of hydrogen-bond donors (Lipinski definition) is 0. The molecule has 17 heavy (non-hydrogen) atoms. The predicted octanol–water partition coefficient (Wildman–Crippen LogP) is 2.78. The van der Waals surface area contributed by atoms with Gasteiger partial charge in [-0.25, -0.2) is 4.79 Å². The van der Waals surface area contributed by atoms with Gasteiger partial charge in [0, 0.05) is 18.6 Å². The molecule has 0 aliphatic carbocycles. The molecule has 0 aromatic heterocycles. The smallest absolute Gasteiger partial charge is 0.368 e. The zero-order chi connectivity index (χ0) is 12.5. The highest BCUT2D eigenvalue weighted by Gasteiger charge is 2.20. The van der Waals surface area contributed by atoms with Crippen molar-refractivity contribution >= 4 is 5.97 Å². The number of hydrogen-bond acceptors (Lipinski definition) is 4. The van der Waals surface area contributed by atoms with E-state index in [9.17, 15) is 4.79 Å². The molecule has 0 bridgehead atoms. The van der Waals surface area contributed by atoms with Crippen LogP contribution in [0.15, 0.2) is 12.2 Å². The van der Waals surface area contributed by atoms with Crippen LogP contribution < -0.4 is 0 Å². The Kier molecular flexibility index (Phi) is 6.89. The number of carbonyl (C=O) groups excluding carboxylic acids is 1. The molecule has 0 spiro atoms. The highest BCUT2D eigenvalue weighted by molar-refractivity contribution is 5.87. The van der Waals surface area contributed by atoms with Crippen LogP contribution in [0, 0.1) is 0 Å². The fourth-order valence-corrected chi connectivity index (χ4v) is 1.73. The summed E-state index contributed by atoms with van der Waals surface area (Å²) in [6.45, 7) is 7.03. The summed E-state index contributed by atoms with van der Waals surface area (Å²) in [7, 11) is 0. The van der Waals surface area contributed by atoms with Crippen molar-refractivity contribution in [2.45, 2.75) is 51.6 Å². The first-order chi connectivity index (χ1) is 8.24. The average Bonchev–Trinajstić information content (AvgIpc) is 2.81. The maximum Gasteiger partial charge on any atom is 0.368 e. The molecule has 0 aromatic carbocycles. The summed E-state index contributed by atoms with van der Waals surface area (Å²) in [6, 6.07) is 0. The molecular weight excluding hydrogens is 220 g/mol. The molecule has 1 atom stereocenters. The normalized spacial score (nSPS) is 19.2. The number of unbranched alkanes of at least 4 members (excludes halogenated alkanes) is 2. The quantitative estimate of drug-likeness (QED) is 0.284. The second-order valence-electron chi connectivity index (χ2n) is 4.34. The van der Waals surface area contributed by atoms with Gasteiger partial charge in [-0.05, 0) is 19.3 Å². The molecule has 0 N–H and O–H groups in total. The number of rotatable bonds is 8. The van der Waals surface area contributed by atoms with Crippen molar-refractivity contribution in [3.63, 3.8) is 0 Å². The maximum atomic E-state index is 11.5. The lowest BCUT2D eigenvalue weighted by atomic mass is 10.1. The summed E-state index contributed by atoms with van der Waals surface area (Å²) >= 11 is 0. The van der Waals surface area contributed by atoms with E-state index < -0.39 is 5.97 Å². The van der Waals surface area contributed by atoms with Gasteiger partial charge in [0.1, 0.15) is 0 Å². The van der Waals surface area contributed by atoms with Gasteiger partial charge in [-0.3, -0.25) is 4.89 Å². The summed E-state index contributed by atoms with van der Waals surface area (Å²) in [5.74, 6) is -0.475. The third-order valence-corrected chi connectivity index (χ3v) is 2.75. The minimum Gasteiger partial charge on any atom is -0.378 e. The Hall–Kier alpha value is -0.870. The van der Waals surface area contributed by atoms with E-state index in [-0.39, 0.29) is 6.10 Å². The van der Waals surface area contributed by atoms with Crippen LogP contribution in [-0.2, 0) is 19.3 Å². The molecule has 0 aromatic rings. The van der Waals surface area contributed by atoms with Gasteiger partial charge in [-0.15, -0.1) is 0 Å². The molecule has 1 aliphatic heterocycles. The Morgan fingerprint density at radius 2 is 2.29 bits per heavy atom. The summed E-state index contributed by atoms with van der Waals surface area (Å²) in [5, 5.41) is 0. The molecule has 1 heterocycles. The van der Waals surface area contributed by atoms with Crippen molar-refractivity contribution in [2.75, 3.05) is 13.2 Å². The first-order valence-corrected chi connectivity index (χ1v) is 6.37. The molecule has 0 saturated carbocycles. The number of carbonyl (C=O) groups is 1. The molecule has 0 amide bonds. The predicted molar refractivity (Wildman–Crippen MR) is 64.3 cm³/mol. The van der Waals surface area contributed by atoms with E-state index >= 15 is 0 Å². The third kappa shape index (κ3) is 5.84. The van der Waals surface area contributed by atoms with Crippen LogP contribution in [0.3, 0.4) is 0 Å². The molecule has 1 rings (SSSR count). The van der Waals surface area contributed by atoms with E-state index in [4.69, 9.17) is 9.62 Å². The average molecular weight is 242 g/mol. The van der Waals surface area contributed by atoms with Crippen molar-refractivity contribution in [1.29, 1.82) is 0 Å². The van der Waals surface area contributed by atoms with E-state index in [0.29, 0.717) is 18.6 Å². The fourth-order valence-electron chi connectivity index (χ4n) is 1.73. The summed E-state index contributed by atoms with van der Waals surface area (Å²) in [6.07, 6.45) is 5.80. The molecule has 1 unspecified atom stereocenters. The Balaban J connectivity index is 2.07. The van der Waals surface area contributed by atoms with Crippen molar-refractivity contribution < 1.29 is 19.3 Å². The standard InChI is InChI=1S/C13H22O4/c1-3-4-5-9-16-17-13(14)11(2)10-12-7-6-8-15-12/h12H,2-10H2,1H3. The second kappa shape index (κ2) is 8.25. The SMILES string of the molecule is C=C(CC1CCCO1)C(=O)OOCCCCC. The highest BCUT2D eigenvalue weighted by atomic mass is 17.2. The lowest BCUT2D eigenvalue weighted by Gasteiger charge is -2.10. The molecule has 1 aliphatic rings. The van der Waals surface area contributed by atoms with Gasteiger partial charge in [-0.1, -0.05) is 26.3 Å². The van der Waals surface area contributed by atoms with E-state index in [1.165, 1.54) is 0 Å². The van der Waals surface area contributed by atoms with Crippen LogP contribution in [-0.4, -0.2) is 25.3 Å². The van der Waals surface area contributed by atoms with E-state index in [1.807, 2.05) is 0 Å². The van der Waals surface area contributed by atoms with Crippen molar-refractivity contribution in [3.8, 4) is 0 Å². The minimum atomic E-state index is -0.475. The lowest BCUT2D eigenvalue weighted by Crippen LogP contribution is -2.14. The summed E-state index contributed by atoms with van der Waals surface area (Å²) in [4.78, 5) is 21.0. The molecule has 1 saturated heterocycles. The van der Waals surface area contributed by atoms with Gasteiger partial charge < -0.3 is 4.74 Å². The minimum absolute atomic E-state index is 0.121. The van der Waals surface area contributed by atoms with Gasteiger partial charge in [-0.2, -0.15) is 4.89 Å². The van der Waals surface area contributed by atoms with Gasteiger partial charge in [0.05, 0.1) is 12.7 Å². The van der Waals surface area contributed by atoms with E-state index in [0.717, 1.165) is 38.7 Å². The van der Waals surface area contributed by atoms with Crippen LogP contribution in [0.1, 0.15) is 45.4 Å². The Labute approximate surface area is 103 Å². The van der Waals surface area contributed by atoms with Crippen LogP contribution in [0.2, 0.25) is 0 Å². The molecule has 4 nitrogen and oxygen atoms in total. The number of ether oxygens (including phenoxy) is 1. The second-order valence-corrected chi connectivity index (χ2v) is 4.34. The van der Waals surface area contributed by atoms with Crippen LogP contribution >= 0.6 is 0 Å². The fraction of sp³-hybridized carbons (Fsp3) is 0.769. The van der Waals surface area contributed by atoms with E-state index in [2.05, 4.69) is 18.4 Å². The monoisotopic (exact) mass is 242 g/mol. The first kappa shape index (κ1) is 14.2. The van der Waals surface area contributed by atoms with E-state index in [1.54, 1.807) is 0 Å². The molecule has 98 valence electrons. The molecule has 0 radical (unpaired) electrons. The van der Waals surface area contributed by atoms with Gasteiger partial charge in [0.25, 0.3) is 0 Å². The molecule has 1 fully saturated rings. The third-order valence-electron chi connectivity index (χ3n) is 2.75. The van der Waals surface area contributed by atoms with Gasteiger partial charge in [0.15, 0.2) is 0 Å².